The lowest BCUT2D eigenvalue weighted by Gasteiger charge is -2.21. The number of piperidine rings is 1. The van der Waals surface area contributed by atoms with Crippen molar-refractivity contribution in [3.8, 4) is 0 Å². The zero-order valence-corrected chi connectivity index (χ0v) is 13.5. The smallest absolute Gasteiger partial charge is 0.224 e. The summed E-state index contributed by atoms with van der Waals surface area (Å²) in [5, 5.41) is 8.90. The molecule has 1 atom stereocenters. The number of hydrogen-bond acceptors (Lipinski definition) is 3. The van der Waals surface area contributed by atoms with Crippen molar-refractivity contribution in [1.29, 1.82) is 0 Å². The van der Waals surface area contributed by atoms with Gasteiger partial charge in [0.05, 0.1) is 5.92 Å². The van der Waals surface area contributed by atoms with Gasteiger partial charge in [-0.1, -0.05) is 30.3 Å². The topological polar surface area (TPSA) is 70.2 Å². The lowest BCUT2D eigenvalue weighted by molar-refractivity contribution is -0.125. The molecular formula is C16H24ClN3O2. The largest absolute Gasteiger partial charge is 0.355 e. The predicted molar refractivity (Wildman–Crippen MR) is 88.8 cm³/mol. The van der Waals surface area contributed by atoms with Crippen molar-refractivity contribution in [2.24, 2.45) is 5.92 Å². The highest BCUT2D eigenvalue weighted by Crippen LogP contribution is 2.09. The molecular weight excluding hydrogens is 302 g/mol. The van der Waals surface area contributed by atoms with E-state index in [0.29, 0.717) is 19.5 Å². The van der Waals surface area contributed by atoms with Crippen LogP contribution in [0.2, 0.25) is 0 Å². The Hall–Kier alpha value is -1.59. The first-order chi connectivity index (χ1) is 10.3. The molecule has 6 heteroatoms. The summed E-state index contributed by atoms with van der Waals surface area (Å²) in [4.78, 5) is 23.6. The van der Waals surface area contributed by atoms with Gasteiger partial charge < -0.3 is 16.0 Å². The van der Waals surface area contributed by atoms with Crippen molar-refractivity contribution in [2.75, 3.05) is 19.6 Å². The Morgan fingerprint density at radius 2 is 1.95 bits per heavy atom. The van der Waals surface area contributed by atoms with Crippen LogP contribution in [0.1, 0.15) is 24.8 Å². The van der Waals surface area contributed by atoms with E-state index in [1.165, 1.54) is 0 Å². The molecule has 1 saturated heterocycles. The summed E-state index contributed by atoms with van der Waals surface area (Å²) < 4.78 is 0. The first kappa shape index (κ1) is 18.5. The maximum absolute atomic E-state index is 11.9. The molecule has 0 aliphatic carbocycles. The number of halogens is 1. The molecule has 1 heterocycles. The molecule has 0 aromatic heterocycles. The molecule has 1 fully saturated rings. The van der Waals surface area contributed by atoms with Gasteiger partial charge in [0.25, 0.3) is 0 Å². The van der Waals surface area contributed by atoms with Gasteiger partial charge in [-0.25, -0.2) is 0 Å². The van der Waals surface area contributed by atoms with Gasteiger partial charge in [-0.2, -0.15) is 0 Å². The van der Waals surface area contributed by atoms with E-state index in [1.54, 1.807) is 0 Å². The second kappa shape index (κ2) is 10.2. The number of carbonyl (C=O) groups is 2. The summed E-state index contributed by atoms with van der Waals surface area (Å²) in [5.74, 6) is 0.0603. The van der Waals surface area contributed by atoms with E-state index < -0.39 is 0 Å². The number of amides is 2. The second-order valence-corrected chi connectivity index (χ2v) is 5.35. The molecule has 1 unspecified atom stereocenters. The number of carbonyl (C=O) groups excluding carboxylic acids is 2. The molecule has 1 aliphatic rings. The van der Waals surface area contributed by atoms with Crippen molar-refractivity contribution >= 4 is 24.2 Å². The molecule has 22 heavy (non-hydrogen) atoms. The molecule has 122 valence electrons. The van der Waals surface area contributed by atoms with Crippen molar-refractivity contribution < 1.29 is 9.59 Å². The van der Waals surface area contributed by atoms with Crippen LogP contribution in [0.25, 0.3) is 0 Å². The number of nitrogens with one attached hydrogen (secondary N) is 3. The number of hydrogen-bond donors (Lipinski definition) is 3. The Balaban J connectivity index is 0.00000242. The molecule has 0 saturated carbocycles. The Labute approximate surface area is 137 Å². The highest BCUT2D eigenvalue weighted by molar-refractivity contribution is 5.85. The van der Waals surface area contributed by atoms with E-state index >= 15 is 0 Å². The Morgan fingerprint density at radius 3 is 2.64 bits per heavy atom. The van der Waals surface area contributed by atoms with E-state index in [9.17, 15) is 9.59 Å². The van der Waals surface area contributed by atoms with Crippen LogP contribution < -0.4 is 16.0 Å². The molecule has 0 spiro atoms. The fraction of sp³-hybridized carbons (Fsp3) is 0.500. The molecule has 1 aromatic rings. The van der Waals surface area contributed by atoms with Crippen molar-refractivity contribution in [3.05, 3.63) is 35.9 Å². The SMILES string of the molecule is Cl.O=C(CCNC(=O)C1CCCNC1)NCc1ccccc1. The van der Waals surface area contributed by atoms with E-state index in [2.05, 4.69) is 16.0 Å². The lowest BCUT2D eigenvalue weighted by atomic mass is 9.99. The van der Waals surface area contributed by atoms with Gasteiger partial charge in [0.1, 0.15) is 0 Å². The van der Waals surface area contributed by atoms with Crippen LogP contribution >= 0.6 is 12.4 Å². The molecule has 2 rings (SSSR count). The standard InChI is InChI=1S/C16H23N3O2.ClH/c20-15(19-11-13-5-2-1-3-6-13)8-10-18-16(21)14-7-4-9-17-12-14;/h1-3,5-6,14,17H,4,7-12H2,(H,18,21)(H,19,20);1H. The maximum atomic E-state index is 11.9. The van der Waals surface area contributed by atoms with Gasteiger partial charge in [0.15, 0.2) is 0 Å². The van der Waals surface area contributed by atoms with Gasteiger partial charge in [0.2, 0.25) is 11.8 Å². The predicted octanol–water partition coefficient (Wildman–Crippen LogP) is 1.23. The minimum atomic E-state index is -0.0408. The molecule has 3 N–H and O–H groups in total. The van der Waals surface area contributed by atoms with Gasteiger partial charge >= 0.3 is 0 Å². The molecule has 0 radical (unpaired) electrons. The summed E-state index contributed by atoms with van der Waals surface area (Å²) in [5.41, 5.74) is 1.07. The minimum absolute atomic E-state index is 0. The summed E-state index contributed by atoms with van der Waals surface area (Å²) >= 11 is 0. The highest BCUT2D eigenvalue weighted by Gasteiger charge is 2.20. The van der Waals surface area contributed by atoms with Crippen LogP contribution in [-0.4, -0.2) is 31.4 Å². The van der Waals surface area contributed by atoms with Gasteiger partial charge in [-0.05, 0) is 24.9 Å². The monoisotopic (exact) mass is 325 g/mol. The number of benzene rings is 1. The molecule has 0 bridgehead atoms. The molecule has 5 nitrogen and oxygen atoms in total. The third kappa shape index (κ3) is 6.45. The van der Waals surface area contributed by atoms with Crippen molar-refractivity contribution in [2.45, 2.75) is 25.8 Å². The normalized spacial score (nSPS) is 17.2. The van der Waals surface area contributed by atoms with Crippen LogP contribution in [0.4, 0.5) is 0 Å². The second-order valence-electron chi connectivity index (χ2n) is 5.35. The third-order valence-corrected chi connectivity index (χ3v) is 3.65. The lowest BCUT2D eigenvalue weighted by Crippen LogP contribution is -2.41. The third-order valence-electron chi connectivity index (χ3n) is 3.65. The Morgan fingerprint density at radius 1 is 1.18 bits per heavy atom. The highest BCUT2D eigenvalue weighted by atomic mass is 35.5. The summed E-state index contributed by atoms with van der Waals surface area (Å²) in [6.45, 7) is 2.66. The summed E-state index contributed by atoms with van der Waals surface area (Å²) in [6, 6.07) is 9.77. The van der Waals surface area contributed by atoms with Crippen LogP contribution in [0.15, 0.2) is 30.3 Å². The van der Waals surface area contributed by atoms with Crippen LogP contribution in [0.5, 0.6) is 0 Å². The van der Waals surface area contributed by atoms with E-state index in [0.717, 1.165) is 31.5 Å². The fourth-order valence-corrected chi connectivity index (χ4v) is 2.40. The zero-order valence-electron chi connectivity index (χ0n) is 12.6. The summed E-state index contributed by atoms with van der Waals surface area (Å²) in [6.07, 6.45) is 2.29. The van der Waals surface area contributed by atoms with Crippen LogP contribution in [0, 0.1) is 5.92 Å². The first-order valence-corrected chi connectivity index (χ1v) is 7.55. The molecule has 1 aromatic carbocycles. The van der Waals surface area contributed by atoms with Crippen molar-refractivity contribution in [1.82, 2.24) is 16.0 Å². The van der Waals surface area contributed by atoms with Gasteiger partial charge in [-0.15, -0.1) is 12.4 Å². The van der Waals surface area contributed by atoms with Crippen LogP contribution in [-0.2, 0) is 16.1 Å². The minimum Gasteiger partial charge on any atom is -0.355 e. The van der Waals surface area contributed by atoms with Crippen LogP contribution in [0.3, 0.4) is 0 Å². The van der Waals surface area contributed by atoms with Crippen molar-refractivity contribution in [3.63, 3.8) is 0 Å². The van der Waals surface area contributed by atoms with Gasteiger partial charge in [0, 0.05) is 26.1 Å². The Kier molecular flexibility index (Phi) is 8.55. The number of rotatable bonds is 6. The average molecular weight is 326 g/mol. The first-order valence-electron chi connectivity index (χ1n) is 7.55. The zero-order chi connectivity index (χ0) is 14.9. The fourth-order valence-electron chi connectivity index (χ4n) is 2.40. The maximum Gasteiger partial charge on any atom is 0.224 e. The molecule has 1 aliphatic heterocycles. The van der Waals surface area contributed by atoms with E-state index in [1.807, 2.05) is 30.3 Å². The Bertz CT molecular complexity index is 462. The van der Waals surface area contributed by atoms with E-state index in [4.69, 9.17) is 0 Å². The summed E-state index contributed by atoms with van der Waals surface area (Å²) in [7, 11) is 0. The average Bonchev–Trinajstić information content (AvgIpc) is 2.54. The van der Waals surface area contributed by atoms with E-state index in [-0.39, 0.29) is 30.1 Å². The van der Waals surface area contributed by atoms with Gasteiger partial charge in [-0.3, -0.25) is 9.59 Å². The quantitative estimate of drug-likeness (QED) is 0.737. The molecule has 2 amide bonds.